The first-order valence-corrected chi connectivity index (χ1v) is 8.19. The lowest BCUT2D eigenvalue weighted by molar-refractivity contribution is 0.355. The van der Waals surface area contributed by atoms with Gasteiger partial charge in [-0.25, -0.2) is 4.98 Å². The molecule has 0 amide bonds. The minimum Gasteiger partial charge on any atom is -0.497 e. The molecule has 0 radical (unpaired) electrons. The summed E-state index contributed by atoms with van der Waals surface area (Å²) in [6.07, 6.45) is 1.81. The van der Waals surface area contributed by atoms with Crippen molar-refractivity contribution in [1.82, 2.24) is 14.5 Å². The molecule has 0 bridgehead atoms. The van der Waals surface area contributed by atoms with Gasteiger partial charge in [0.1, 0.15) is 12.1 Å². The van der Waals surface area contributed by atoms with Crippen LogP contribution in [0.15, 0.2) is 42.7 Å². The maximum atomic E-state index is 5.45. The second kappa shape index (κ2) is 6.22. The van der Waals surface area contributed by atoms with Crippen LogP contribution in [0.5, 0.6) is 17.2 Å². The van der Waals surface area contributed by atoms with Crippen LogP contribution in [0.3, 0.4) is 0 Å². The molecule has 0 spiro atoms. The Morgan fingerprint density at radius 1 is 0.846 bits per heavy atom. The quantitative estimate of drug-likeness (QED) is 0.559. The second-order valence-corrected chi connectivity index (χ2v) is 5.98. The molecule has 0 fully saturated rings. The van der Waals surface area contributed by atoms with Crippen LogP contribution in [0.4, 0.5) is 0 Å². The molecule has 2 aromatic heterocycles. The predicted molar refractivity (Wildman–Crippen MR) is 101 cm³/mol. The lowest BCUT2D eigenvalue weighted by atomic mass is 10.1. The molecule has 0 aliphatic heterocycles. The lowest BCUT2D eigenvalue weighted by Gasteiger charge is -2.12. The number of rotatable bonds is 4. The fourth-order valence-corrected chi connectivity index (χ4v) is 3.17. The Balaban J connectivity index is 2.00. The normalized spacial score (nSPS) is 11.1. The number of hydrogen-bond acceptors (Lipinski definition) is 5. The van der Waals surface area contributed by atoms with Crippen LogP contribution in [0, 0.1) is 6.92 Å². The maximum Gasteiger partial charge on any atom is 0.163 e. The third-order valence-corrected chi connectivity index (χ3v) is 4.44. The highest BCUT2D eigenvalue weighted by Crippen LogP contribution is 2.34. The highest BCUT2D eigenvalue weighted by Gasteiger charge is 2.14. The van der Waals surface area contributed by atoms with E-state index >= 15 is 0 Å². The van der Waals surface area contributed by atoms with Gasteiger partial charge in [0.2, 0.25) is 0 Å². The number of pyridine rings is 1. The van der Waals surface area contributed by atoms with E-state index in [0.717, 1.165) is 39.1 Å². The van der Waals surface area contributed by atoms with E-state index in [1.54, 1.807) is 21.3 Å². The summed E-state index contributed by atoms with van der Waals surface area (Å²) in [6, 6.07) is 11.8. The second-order valence-electron chi connectivity index (χ2n) is 5.98. The Hall–Kier alpha value is -3.28. The SMILES string of the molecule is COc1ccc2c(-n3cnc4cc(OC)c(OC)cc43)cc(C)nc2c1. The molecule has 2 heterocycles. The van der Waals surface area contributed by atoms with Crippen LogP contribution in [0.1, 0.15) is 5.69 Å². The van der Waals surface area contributed by atoms with Gasteiger partial charge < -0.3 is 14.2 Å². The zero-order chi connectivity index (χ0) is 18.3. The number of benzene rings is 2. The third kappa shape index (κ3) is 2.50. The predicted octanol–water partition coefficient (Wildman–Crippen LogP) is 3.91. The fourth-order valence-electron chi connectivity index (χ4n) is 3.17. The molecule has 0 saturated heterocycles. The first-order valence-electron chi connectivity index (χ1n) is 8.19. The molecule has 0 aliphatic carbocycles. The molecule has 4 aromatic rings. The first-order chi connectivity index (χ1) is 12.6. The minimum atomic E-state index is 0.658. The van der Waals surface area contributed by atoms with Gasteiger partial charge in [-0.2, -0.15) is 0 Å². The summed E-state index contributed by atoms with van der Waals surface area (Å²) >= 11 is 0. The van der Waals surface area contributed by atoms with Crippen molar-refractivity contribution in [2.75, 3.05) is 21.3 Å². The van der Waals surface area contributed by atoms with Crippen molar-refractivity contribution in [2.45, 2.75) is 6.92 Å². The molecule has 26 heavy (non-hydrogen) atoms. The highest BCUT2D eigenvalue weighted by atomic mass is 16.5. The van der Waals surface area contributed by atoms with Crippen molar-refractivity contribution >= 4 is 21.9 Å². The van der Waals surface area contributed by atoms with E-state index in [4.69, 9.17) is 14.2 Å². The van der Waals surface area contributed by atoms with E-state index in [2.05, 4.69) is 9.97 Å². The van der Waals surface area contributed by atoms with Crippen LogP contribution in [0.25, 0.3) is 27.6 Å². The van der Waals surface area contributed by atoms with Crippen molar-refractivity contribution in [1.29, 1.82) is 0 Å². The molecule has 6 nitrogen and oxygen atoms in total. The minimum absolute atomic E-state index is 0.658. The smallest absolute Gasteiger partial charge is 0.163 e. The van der Waals surface area contributed by atoms with Gasteiger partial charge >= 0.3 is 0 Å². The van der Waals surface area contributed by atoms with E-state index in [-0.39, 0.29) is 0 Å². The summed E-state index contributed by atoms with van der Waals surface area (Å²) in [5.74, 6) is 2.10. The molecule has 0 saturated carbocycles. The van der Waals surface area contributed by atoms with E-state index in [0.29, 0.717) is 11.5 Å². The average Bonchev–Trinajstić information content (AvgIpc) is 3.08. The van der Waals surface area contributed by atoms with Crippen molar-refractivity contribution in [3.8, 4) is 22.9 Å². The summed E-state index contributed by atoms with van der Waals surface area (Å²) < 4.78 is 18.2. The van der Waals surface area contributed by atoms with Gasteiger partial charge in [0.25, 0.3) is 0 Å². The molecule has 132 valence electrons. The fraction of sp³-hybridized carbons (Fsp3) is 0.200. The standard InChI is InChI=1S/C20H19N3O3/c1-12-7-17(14-6-5-13(24-2)8-15(14)22-12)23-11-21-16-9-19(25-3)20(26-4)10-18(16)23/h5-11H,1-4H3. The molecular weight excluding hydrogens is 330 g/mol. The van der Waals surface area contributed by atoms with Gasteiger partial charge in [0, 0.05) is 29.3 Å². The summed E-state index contributed by atoms with van der Waals surface area (Å²) in [5.41, 5.74) is 4.57. The molecule has 4 rings (SSSR count). The number of methoxy groups -OCH3 is 3. The molecule has 6 heteroatoms. The summed E-state index contributed by atoms with van der Waals surface area (Å²) in [5, 5.41) is 1.02. The Labute approximate surface area is 151 Å². The molecular formula is C20H19N3O3. The number of fused-ring (bicyclic) bond motifs is 2. The Bertz CT molecular complexity index is 1120. The van der Waals surface area contributed by atoms with Crippen LogP contribution in [-0.2, 0) is 0 Å². The number of nitrogens with zero attached hydrogens (tertiary/aromatic N) is 3. The van der Waals surface area contributed by atoms with Crippen LogP contribution >= 0.6 is 0 Å². The van der Waals surface area contributed by atoms with E-state index in [1.165, 1.54) is 0 Å². The van der Waals surface area contributed by atoms with E-state index < -0.39 is 0 Å². The number of aryl methyl sites for hydroxylation is 1. The maximum absolute atomic E-state index is 5.45. The van der Waals surface area contributed by atoms with Gasteiger partial charge in [-0.05, 0) is 25.1 Å². The van der Waals surface area contributed by atoms with Gasteiger partial charge in [-0.3, -0.25) is 9.55 Å². The van der Waals surface area contributed by atoms with E-state index in [1.807, 2.05) is 54.2 Å². The third-order valence-electron chi connectivity index (χ3n) is 4.44. The van der Waals surface area contributed by atoms with Gasteiger partial charge in [0.05, 0.1) is 43.6 Å². The topological polar surface area (TPSA) is 58.4 Å². The van der Waals surface area contributed by atoms with Crippen molar-refractivity contribution in [3.05, 3.63) is 48.4 Å². The lowest BCUT2D eigenvalue weighted by Crippen LogP contribution is -1.98. The Morgan fingerprint density at radius 2 is 1.62 bits per heavy atom. The average molecular weight is 349 g/mol. The summed E-state index contributed by atoms with van der Waals surface area (Å²) in [6.45, 7) is 1.98. The number of aromatic nitrogens is 3. The number of ether oxygens (including phenoxy) is 3. The monoisotopic (exact) mass is 349 g/mol. The molecule has 0 aliphatic rings. The number of hydrogen-bond donors (Lipinski definition) is 0. The molecule has 0 N–H and O–H groups in total. The first kappa shape index (κ1) is 16.2. The summed E-state index contributed by atoms with van der Waals surface area (Å²) in [7, 11) is 4.90. The molecule has 0 unspecified atom stereocenters. The van der Waals surface area contributed by atoms with Crippen molar-refractivity contribution < 1.29 is 14.2 Å². The zero-order valence-corrected chi connectivity index (χ0v) is 15.1. The van der Waals surface area contributed by atoms with Gasteiger partial charge in [-0.15, -0.1) is 0 Å². The van der Waals surface area contributed by atoms with Gasteiger partial charge in [0.15, 0.2) is 11.5 Å². The largest absolute Gasteiger partial charge is 0.497 e. The highest BCUT2D eigenvalue weighted by molar-refractivity contribution is 5.91. The molecule has 0 atom stereocenters. The molecule has 2 aromatic carbocycles. The Morgan fingerprint density at radius 3 is 2.35 bits per heavy atom. The van der Waals surface area contributed by atoms with E-state index in [9.17, 15) is 0 Å². The van der Waals surface area contributed by atoms with Crippen LogP contribution in [0.2, 0.25) is 0 Å². The Kier molecular flexibility index (Phi) is 3.88. The van der Waals surface area contributed by atoms with Crippen LogP contribution in [-0.4, -0.2) is 35.9 Å². The van der Waals surface area contributed by atoms with Crippen molar-refractivity contribution in [2.24, 2.45) is 0 Å². The van der Waals surface area contributed by atoms with Crippen LogP contribution < -0.4 is 14.2 Å². The van der Waals surface area contributed by atoms with Gasteiger partial charge in [-0.1, -0.05) is 0 Å². The number of imidazole rings is 1. The zero-order valence-electron chi connectivity index (χ0n) is 15.1. The summed E-state index contributed by atoms with van der Waals surface area (Å²) in [4.78, 5) is 9.17. The van der Waals surface area contributed by atoms with Crippen molar-refractivity contribution in [3.63, 3.8) is 0 Å².